The average molecular weight is 282 g/mol. The summed E-state index contributed by atoms with van der Waals surface area (Å²) in [4.78, 5) is 23.9. The Morgan fingerprint density at radius 2 is 1.62 bits per heavy atom. The molecule has 0 N–H and O–H groups in total. The van der Waals surface area contributed by atoms with Crippen LogP contribution in [0, 0.1) is 0 Å². The van der Waals surface area contributed by atoms with Crippen LogP contribution in [0.25, 0.3) is 0 Å². The van der Waals surface area contributed by atoms with Crippen LogP contribution in [0.5, 0.6) is 5.75 Å². The lowest BCUT2D eigenvalue weighted by molar-refractivity contribution is -0.118. The van der Waals surface area contributed by atoms with Crippen LogP contribution in [0.2, 0.25) is 0 Å². The second-order valence-corrected chi connectivity index (χ2v) is 4.85. The largest absolute Gasteiger partial charge is 0.497 e. The third kappa shape index (κ3) is 4.56. The molecule has 0 aliphatic rings. The molecule has 0 atom stereocenters. The molecule has 0 aliphatic heterocycles. The number of ether oxygens (including phenoxy) is 1. The van der Waals surface area contributed by atoms with Crippen LogP contribution >= 0.6 is 0 Å². The maximum Gasteiger partial charge on any atom is 0.170 e. The molecule has 0 spiro atoms. The lowest BCUT2D eigenvalue weighted by atomic mass is 10.0. The van der Waals surface area contributed by atoms with Gasteiger partial charge in [-0.2, -0.15) is 0 Å². The van der Waals surface area contributed by atoms with Gasteiger partial charge in [-0.15, -0.1) is 0 Å². The van der Waals surface area contributed by atoms with E-state index in [0.29, 0.717) is 24.2 Å². The summed E-state index contributed by atoms with van der Waals surface area (Å²) in [6.07, 6.45) is 1.03. The molecule has 3 nitrogen and oxygen atoms in total. The average Bonchev–Trinajstić information content (AvgIpc) is 2.54. The molecule has 0 aliphatic carbocycles. The summed E-state index contributed by atoms with van der Waals surface area (Å²) in [6, 6.07) is 16.6. The van der Waals surface area contributed by atoms with Gasteiger partial charge < -0.3 is 4.74 Å². The third-order valence-corrected chi connectivity index (χ3v) is 3.31. The van der Waals surface area contributed by atoms with Gasteiger partial charge in [0.25, 0.3) is 0 Å². The van der Waals surface area contributed by atoms with Gasteiger partial charge in [-0.05, 0) is 36.2 Å². The fourth-order valence-electron chi connectivity index (χ4n) is 2.07. The predicted octanol–water partition coefficient (Wildman–Crippen LogP) is 3.47. The Labute approximate surface area is 124 Å². The Bertz CT molecular complexity index is 600. The van der Waals surface area contributed by atoms with E-state index >= 15 is 0 Å². The van der Waals surface area contributed by atoms with Gasteiger partial charge in [-0.25, -0.2) is 0 Å². The van der Waals surface area contributed by atoms with Crippen molar-refractivity contribution in [3.8, 4) is 5.75 Å². The van der Waals surface area contributed by atoms with Crippen molar-refractivity contribution in [3.63, 3.8) is 0 Å². The number of Topliss-reactive ketones (excluding diaryl/α,β-unsaturated/α-hetero) is 2. The zero-order chi connectivity index (χ0) is 15.1. The molecule has 0 heterocycles. The number of rotatable bonds is 7. The smallest absolute Gasteiger partial charge is 0.170 e. The zero-order valence-electron chi connectivity index (χ0n) is 12.0. The molecule has 2 aromatic rings. The summed E-state index contributed by atoms with van der Waals surface area (Å²) in [5.41, 5.74) is 1.66. The summed E-state index contributed by atoms with van der Waals surface area (Å²) < 4.78 is 5.04. The van der Waals surface area contributed by atoms with E-state index in [2.05, 4.69) is 0 Å². The van der Waals surface area contributed by atoms with Crippen LogP contribution in [0.1, 0.15) is 28.8 Å². The number of hydrogen-bond donors (Lipinski definition) is 0. The van der Waals surface area contributed by atoms with Crippen molar-refractivity contribution in [1.29, 1.82) is 0 Å². The summed E-state index contributed by atoms with van der Waals surface area (Å²) in [7, 11) is 1.57. The highest BCUT2D eigenvalue weighted by atomic mass is 16.5. The second-order valence-electron chi connectivity index (χ2n) is 4.85. The van der Waals surface area contributed by atoms with Crippen molar-refractivity contribution >= 4 is 11.6 Å². The number of aryl methyl sites for hydroxylation is 1. The van der Waals surface area contributed by atoms with Crippen LogP contribution in [-0.4, -0.2) is 18.7 Å². The lowest BCUT2D eigenvalue weighted by Crippen LogP contribution is -2.09. The minimum Gasteiger partial charge on any atom is -0.497 e. The summed E-state index contributed by atoms with van der Waals surface area (Å²) >= 11 is 0. The molecular weight excluding hydrogens is 264 g/mol. The highest BCUT2D eigenvalue weighted by Crippen LogP contribution is 2.13. The first kappa shape index (κ1) is 15.0. The predicted molar refractivity (Wildman–Crippen MR) is 81.7 cm³/mol. The molecule has 2 aromatic carbocycles. The quantitative estimate of drug-likeness (QED) is 0.577. The molecule has 108 valence electrons. The van der Waals surface area contributed by atoms with E-state index in [1.54, 1.807) is 31.4 Å². The molecule has 0 aromatic heterocycles. The van der Waals surface area contributed by atoms with Crippen LogP contribution in [0.15, 0.2) is 54.6 Å². The van der Waals surface area contributed by atoms with Gasteiger partial charge in [-0.3, -0.25) is 9.59 Å². The first-order chi connectivity index (χ1) is 10.2. The maximum absolute atomic E-state index is 12.0. The number of methoxy groups -OCH3 is 1. The molecule has 0 bridgehead atoms. The van der Waals surface area contributed by atoms with Gasteiger partial charge in [-0.1, -0.05) is 30.3 Å². The molecule has 0 saturated carbocycles. The van der Waals surface area contributed by atoms with Gasteiger partial charge in [0.2, 0.25) is 0 Å². The van der Waals surface area contributed by atoms with E-state index in [9.17, 15) is 9.59 Å². The fraction of sp³-hybridized carbons (Fsp3) is 0.222. The van der Waals surface area contributed by atoms with E-state index in [1.165, 1.54) is 0 Å². The normalized spacial score (nSPS) is 10.1. The summed E-state index contributed by atoms with van der Waals surface area (Å²) in [5.74, 6) is 0.525. The van der Waals surface area contributed by atoms with Crippen molar-refractivity contribution in [1.82, 2.24) is 0 Å². The van der Waals surface area contributed by atoms with E-state index < -0.39 is 0 Å². The lowest BCUT2D eigenvalue weighted by Gasteiger charge is -2.03. The summed E-state index contributed by atoms with van der Waals surface area (Å²) in [6.45, 7) is 0. The van der Waals surface area contributed by atoms with Crippen LogP contribution in [0.4, 0.5) is 0 Å². The number of carbonyl (C=O) groups is 2. The Hall–Kier alpha value is -2.42. The topological polar surface area (TPSA) is 43.4 Å². The minimum atomic E-state index is -0.143. The molecular formula is C18H18O3. The molecule has 0 unspecified atom stereocenters. The zero-order valence-corrected chi connectivity index (χ0v) is 12.0. The second kappa shape index (κ2) is 7.39. The first-order valence-electron chi connectivity index (χ1n) is 6.92. The number of benzene rings is 2. The van der Waals surface area contributed by atoms with Crippen molar-refractivity contribution in [2.24, 2.45) is 0 Å². The van der Waals surface area contributed by atoms with Crippen molar-refractivity contribution in [2.45, 2.75) is 19.3 Å². The Balaban J connectivity index is 1.85. The van der Waals surface area contributed by atoms with Crippen LogP contribution in [-0.2, 0) is 11.2 Å². The van der Waals surface area contributed by atoms with Gasteiger partial charge in [0.05, 0.1) is 13.5 Å². The van der Waals surface area contributed by atoms with E-state index in [-0.39, 0.29) is 18.0 Å². The van der Waals surface area contributed by atoms with Gasteiger partial charge in [0, 0.05) is 12.0 Å². The van der Waals surface area contributed by atoms with Crippen LogP contribution < -0.4 is 4.74 Å². The third-order valence-electron chi connectivity index (χ3n) is 3.31. The Morgan fingerprint density at radius 1 is 0.952 bits per heavy atom. The molecule has 0 radical (unpaired) electrons. The van der Waals surface area contributed by atoms with Gasteiger partial charge in [0.1, 0.15) is 11.5 Å². The van der Waals surface area contributed by atoms with Crippen molar-refractivity contribution in [3.05, 3.63) is 65.7 Å². The number of carbonyl (C=O) groups excluding carboxylic acids is 2. The SMILES string of the molecule is COc1ccc(C(=O)CC(=O)CCc2ccccc2)cc1. The highest BCUT2D eigenvalue weighted by molar-refractivity contribution is 6.08. The van der Waals surface area contributed by atoms with Crippen molar-refractivity contribution in [2.75, 3.05) is 7.11 Å². The standard InChI is InChI=1S/C18H18O3/c1-21-17-11-8-15(9-12-17)18(20)13-16(19)10-7-14-5-3-2-4-6-14/h2-6,8-9,11-12H,7,10,13H2,1H3. The molecule has 21 heavy (non-hydrogen) atoms. The first-order valence-corrected chi connectivity index (χ1v) is 6.92. The van der Waals surface area contributed by atoms with E-state index in [1.807, 2.05) is 30.3 Å². The van der Waals surface area contributed by atoms with E-state index in [0.717, 1.165) is 5.56 Å². The minimum absolute atomic E-state index is 0.0281. The molecule has 3 heteroatoms. The monoisotopic (exact) mass is 282 g/mol. The molecule has 0 fully saturated rings. The fourth-order valence-corrected chi connectivity index (χ4v) is 2.07. The Morgan fingerprint density at radius 3 is 2.24 bits per heavy atom. The number of hydrogen-bond acceptors (Lipinski definition) is 3. The van der Waals surface area contributed by atoms with Gasteiger partial charge >= 0.3 is 0 Å². The molecule has 0 amide bonds. The Kier molecular flexibility index (Phi) is 5.27. The van der Waals surface area contributed by atoms with Crippen LogP contribution in [0.3, 0.4) is 0 Å². The molecule has 2 rings (SSSR count). The maximum atomic E-state index is 12.0. The highest BCUT2D eigenvalue weighted by Gasteiger charge is 2.12. The van der Waals surface area contributed by atoms with Gasteiger partial charge in [0.15, 0.2) is 5.78 Å². The van der Waals surface area contributed by atoms with E-state index in [4.69, 9.17) is 4.74 Å². The molecule has 0 saturated heterocycles. The number of ketones is 2. The summed E-state index contributed by atoms with van der Waals surface area (Å²) in [5, 5.41) is 0. The van der Waals surface area contributed by atoms with Crippen molar-refractivity contribution < 1.29 is 14.3 Å².